The van der Waals surface area contributed by atoms with Crippen LogP contribution in [-0.4, -0.2) is 50.1 Å². The molecule has 0 amide bonds. The molecule has 0 unspecified atom stereocenters. The molecule has 0 saturated heterocycles. The molecule has 222 valence electrons. The van der Waals surface area contributed by atoms with Crippen LogP contribution in [0.4, 0.5) is 4.39 Å². The predicted molar refractivity (Wildman–Crippen MR) is 174 cm³/mol. The molecular weight excluding hydrogens is 513 g/mol. The molecule has 0 aliphatic carbocycles. The summed E-state index contributed by atoms with van der Waals surface area (Å²) in [7, 11) is 5.96. The molecule has 0 atom stereocenters. The maximum atomic E-state index is 10.6. The van der Waals surface area contributed by atoms with Gasteiger partial charge in [0.1, 0.15) is 23.7 Å². The van der Waals surface area contributed by atoms with Crippen molar-refractivity contribution in [3.63, 3.8) is 0 Å². The smallest absolute Gasteiger partial charge is 0.132 e. The maximum absolute atomic E-state index is 10.6. The van der Waals surface area contributed by atoms with E-state index >= 15 is 0 Å². The number of aromatic nitrogens is 1. The van der Waals surface area contributed by atoms with Crippen molar-refractivity contribution < 1.29 is 9.13 Å². The monoisotopic (exact) mass is 561 g/mol. The highest BCUT2D eigenvalue weighted by Crippen LogP contribution is 2.19. The minimum absolute atomic E-state index is 0.417. The third kappa shape index (κ3) is 12.8. The highest BCUT2D eigenvalue weighted by Gasteiger charge is 2.07. The van der Waals surface area contributed by atoms with Gasteiger partial charge in [-0.25, -0.2) is 9.38 Å². The fourth-order valence-electron chi connectivity index (χ4n) is 3.76. The summed E-state index contributed by atoms with van der Waals surface area (Å²) in [4.78, 5) is 11.2. The van der Waals surface area contributed by atoms with Gasteiger partial charge in [-0.2, -0.15) is 0 Å². The largest absolute Gasteiger partial charge is 0.494 e. The van der Waals surface area contributed by atoms with Crippen LogP contribution in [0.3, 0.4) is 0 Å². The Kier molecular flexibility index (Phi) is 16.4. The topological polar surface area (TPSA) is 54.2 Å². The Morgan fingerprint density at radius 2 is 1.88 bits per heavy atom. The molecule has 0 radical (unpaired) electrons. The molecule has 2 rings (SSSR count). The Morgan fingerprint density at radius 1 is 1.17 bits per heavy atom. The van der Waals surface area contributed by atoms with Gasteiger partial charge >= 0.3 is 0 Å². The molecule has 0 aliphatic heterocycles. The fourth-order valence-corrected chi connectivity index (χ4v) is 3.76. The van der Waals surface area contributed by atoms with Crippen LogP contribution in [-0.2, 0) is 13.1 Å². The van der Waals surface area contributed by atoms with Gasteiger partial charge in [0.25, 0.3) is 0 Å². The second kappa shape index (κ2) is 19.2. The van der Waals surface area contributed by atoms with Gasteiger partial charge in [-0.3, -0.25) is 4.99 Å². The van der Waals surface area contributed by atoms with Crippen LogP contribution in [0.25, 0.3) is 5.70 Å². The van der Waals surface area contributed by atoms with Crippen LogP contribution in [0.1, 0.15) is 44.4 Å². The minimum Gasteiger partial charge on any atom is -0.494 e. The molecule has 7 heteroatoms. The van der Waals surface area contributed by atoms with Crippen LogP contribution in [0, 0.1) is 6.92 Å². The Labute approximate surface area is 246 Å². The van der Waals surface area contributed by atoms with E-state index in [-0.39, 0.29) is 0 Å². The highest BCUT2D eigenvalue weighted by atomic mass is 19.1. The standard InChI is InChI=1S/C31H43N5O.C3H5F/c1-10-23(3)18-29(36-17-15-28(22-35(8)9)20-31(36)32-7)24(4)14-16-33-26(6)34-21-27-12-13-30(37-11-2)25(5)19-27;1-2-3-4/h10,12-20,34H,6,11,21-22H2,1-5,7-9H3;2H,1,3H2/b23-10+,24-14+,29-18+,32-31?,33-16-;. The van der Waals surface area contributed by atoms with E-state index < -0.39 is 6.67 Å². The molecule has 2 aromatic rings. The van der Waals surface area contributed by atoms with Crippen LogP contribution in [0.5, 0.6) is 5.75 Å². The van der Waals surface area contributed by atoms with Gasteiger partial charge in [-0.1, -0.05) is 36.4 Å². The van der Waals surface area contributed by atoms with Crippen molar-refractivity contribution >= 4 is 11.9 Å². The van der Waals surface area contributed by atoms with Crippen molar-refractivity contribution in [3.05, 3.63) is 113 Å². The van der Waals surface area contributed by atoms with E-state index in [1.807, 2.05) is 33.0 Å². The number of halogens is 1. The normalized spacial score (nSPS) is 12.8. The Bertz CT molecular complexity index is 1330. The first-order valence-electron chi connectivity index (χ1n) is 13.8. The number of allylic oxidation sites excluding steroid dienone is 7. The van der Waals surface area contributed by atoms with Crippen LogP contribution in [0.2, 0.25) is 0 Å². The van der Waals surface area contributed by atoms with Crippen molar-refractivity contribution in [1.82, 2.24) is 14.8 Å². The van der Waals surface area contributed by atoms with E-state index in [4.69, 9.17) is 4.74 Å². The maximum Gasteiger partial charge on any atom is 0.132 e. The van der Waals surface area contributed by atoms with Gasteiger partial charge in [-0.15, -0.1) is 6.58 Å². The minimum atomic E-state index is -0.417. The number of nitrogens with one attached hydrogen (secondary N) is 1. The summed E-state index contributed by atoms with van der Waals surface area (Å²) in [6, 6.07) is 10.5. The summed E-state index contributed by atoms with van der Waals surface area (Å²) in [5, 5.41) is 3.28. The zero-order chi connectivity index (χ0) is 30.8. The van der Waals surface area contributed by atoms with Gasteiger partial charge in [0, 0.05) is 32.5 Å². The van der Waals surface area contributed by atoms with E-state index in [2.05, 4.69) is 115 Å². The summed E-state index contributed by atoms with van der Waals surface area (Å²) in [5.74, 6) is 1.53. The molecular formula is C34H48FN5O. The molecule has 0 saturated carbocycles. The van der Waals surface area contributed by atoms with Crippen molar-refractivity contribution in [2.45, 2.75) is 47.7 Å². The summed E-state index contributed by atoms with van der Waals surface area (Å²) in [5.41, 5.74) is 7.67. The second-order valence-electron chi connectivity index (χ2n) is 9.69. The van der Waals surface area contributed by atoms with Gasteiger partial charge in [-0.05, 0) is 101 Å². The first kappa shape index (κ1) is 35.1. The third-order valence-electron chi connectivity index (χ3n) is 5.91. The number of rotatable bonds is 13. The molecule has 6 nitrogen and oxygen atoms in total. The zero-order valence-electron chi connectivity index (χ0n) is 26.2. The second-order valence-corrected chi connectivity index (χ2v) is 9.69. The number of pyridine rings is 1. The molecule has 0 bridgehead atoms. The van der Waals surface area contributed by atoms with E-state index in [1.165, 1.54) is 17.2 Å². The molecule has 1 aromatic carbocycles. The zero-order valence-corrected chi connectivity index (χ0v) is 26.2. The quantitative estimate of drug-likeness (QED) is 0.163. The molecule has 1 aromatic heterocycles. The van der Waals surface area contributed by atoms with Crippen LogP contribution in [0.15, 0.2) is 101 Å². The number of alkyl halides is 1. The van der Waals surface area contributed by atoms with Gasteiger partial charge < -0.3 is 19.5 Å². The lowest BCUT2D eigenvalue weighted by Gasteiger charge is -2.16. The molecule has 1 N–H and O–H groups in total. The van der Waals surface area contributed by atoms with Crippen molar-refractivity contribution in [2.24, 2.45) is 9.98 Å². The van der Waals surface area contributed by atoms with Crippen molar-refractivity contribution in [1.29, 1.82) is 0 Å². The molecule has 0 fully saturated rings. The lowest BCUT2D eigenvalue weighted by Crippen LogP contribution is -2.22. The van der Waals surface area contributed by atoms with Gasteiger partial charge in [0.15, 0.2) is 0 Å². The molecule has 0 spiro atoms. The highest BCUT2D eigenvalue weighted by molar-refractivity contribution is 5.80. The molecule has 41 heavy (non-hydrogen) atoms. The molecule has 1 heterocycles. The van der Waals surface area contributed by atoms with E-state index in [0.29, 0.717) is 19.0 Å². The number of benzene rings is 1. The third-order valence-corrected chi connectivity index (χ3v) is 5.91. The van der Waals surface area contributed by atoms with Crippen molar-refractivity contribution in [2.75, 3.05) is 34.4 Å². The van der Waals surface area contributed by atoms with Gasteiger partial charge in [0.05, 0.1) is 12.3 Å². The number of aliphatic imine (C=N–C) groups is 1. The van der Waals surface area contributed by atoms with Gasteiger partial charge in [0.2, 0.25) is 0 Å². The average Bonchev–Trinajstić information content (AvgIpc) is 2.95. The average molecular weight is 562 g/mol. The lowest BCUT2D eigenvalue weighted by atomic mass is 10.1. The number of hydrogen-bond donors (Lipinski definition) is 1. The molecule has 0 aliphatic rings. The number of nitrogens with zero attached hydrogens (tertiary/aromatic N) is 4. The first-order chi connectivity index (χ1) is 19.6. The number of hydrogen-bond acceptors (Lipinski definition) is 5. The van der Waals surface area contributed by atoms with Crippen LogP contribution < -0.4 is 15.5 Å². The van der Waals surface area contributed by atoms with Crippen molar-refractivity contribution in [3.8, 4) is 5.75 Å². The Balaban J connectivity index is 0.00000196. The summed E-state index contributed by atoms with van der Waals surface area (Å²) >= 11 is 0. The predicted octanol–water partition coefficient (Wildman–Crippen LogP) is 7.01. The Hall–Kier alpha value is -3.97. The van der Waals surface area contributed by atoms with E-state index in [9.17, 15) is 4.39 Å². The van der Waals surface area contributed by atoms with Crippen LogP contribution >= 0.6 is 0 Å². The van der Waals surface area contributed by atoms with E-state index in [0.717, 1.165) is 40.2 Å². The summed E-state index contributed by atoms with van der Waals surface area (Å²) in [6.45, 7) is 19.2. The lowest BCUT2D eigenvalue weighted by molar-refractivity contribution is 0.338. The Morgan fingerprint density at radius 3 is 2.44 bits per heavy atom. The number of ether oxygens (including phenoxy) is 1. The summed E-state index contributed by atoms with van der Waals surface area (Å²) < 4.78 is 18.3. The SMILES string of the molecule is C=C(\N=C/C=C(C)/C(=C\C(C)=C\C)n1ccc(CN(C)C)cc1=NC)NCc1ccc(OCC)c(C)c1.C=CCF. The van der Waals surface area contributed by atoms with E-state index in [1.54, 1.807) is 6.21 Å². The summed E-state index contributed by atoms with van der Waals surface area (Å²) in [6.07, 6.45) is 11.4. The fraction of sp³-hybridized carbons (Fsp3) is 0.353. The number of aryl methyl sites for hydroxylation is 1. The first-order valence-corrected chi connectivity index (χ1v) is 13.8.